The fourth-order valence-electron chi connectivity index (χ4n) is 3.13. The van der Waals surface area contributed by atoms with Crippen LogP contribution in [0.25, 0.3) is 11.1 Å². The van der Waals surface area contributed by atoms with Crippen LogP contribution in [-0.4, -0.2) is 15.5 Å². The van der Waals surface area contributed by atoms with Crippen molar-refractivity contribution in [1.29, 1.82) is 0 Å². The van der Waals surface area contributed by atoms with Crippen LogP contribution in [0, 0.1) is 18.7 Å². The first-order valence-corrected chi connectivity index (χ1v) is 10.1. The van der Waals surface area contributed by atoms with Gasteiger partial charge in [0.15, 0.2) is 17.3 Å². The summed E-state index contributed by atoms with van der Waals surface area (Å²) in [6.07, 6.45) is 4.03. The lowest BCUT2D eigenvalue weighted by Gasteiger charge is -2.12. The van der Waals surface area contributed by atoms with Crippen molar-refractivity contribution in [3.05, 3.63) is 107 Å². The van der Waals surface area contributed by atoms with E-state index in [0.29, 0.717) is 5.56 Å². The highest BCUT2D eigenvalue weighted by molar-refractivity contribution is 6.34. The van der Waals surface area contributed by atoms with Crippen molar-refractivity contribution >= 4 is 29.0 Å². The summed E-state index contributed by atoms with van der Waals surface area (Å²) in [6.45, 7) is 0. The molecule has 34 heavy (non-hydrogen) atoms. The van der Waals surface area contributed by atoms with Gasteiger partial charge in [-0.2, -0.15) is 0 Å². The Kier molecular flexibility index (Phi) is 6.29. The van der Waals surface area contributed by atoms with Gasteiger partial charge in [0, 0.05) is 49.0 Å². The molecule has 0 aliphatic heterocycles. The molecule has 0 aliphatic carbocycles. The van der Waals surface area contributed by atoms with Crippen molar-refractivity contribution in [3.8, 4) is 22.6 Å². The van der Waals surface area contributed by atoms with Gasteiger partial charge in [-0.05, 0) is 29.8 Å². The van der Waals surface area contributed by atoms with E-state index in [1.54, 1.807) is 0 Å². The standard InChI is InChI=1S/C24H16ClF2N4O3/c1-31-11-16(13-2-4-14(26)5-3-13)22(32)17(12-31)24(33)30-15-6-7-19(18(27)10-15)34-20-8-9-29-23(28)21(20)25/h2-12H,1H2,(H2,28,29)(H,30,33). The van der Waals surface area contributed by atoms with Crippen molar-refractivity contribution < 1.29 is 18.3 Å². The molecule has 3 N–H and O–H groups in total. The van der Waals surface area contributed by atoms with Crippen molar-refractivity contribution in [2.24, 2.45) is 0 Å². The molecule has 0 saturated heterocycles. The summed E-state index contributed by atoms with van der Waals surface area (Å²) in [4.78, 5) is 29.5. The molecule has 0 unspecified atom stereocenters. The number of rotatable bonds is 5. The molecule has 4 aromatic rings. The predicted octanol–water partition coefficient (Wildman–Crippen LogP) is 5.11. The highest BCUT2D eigenvalue weighted by atomic mass is 35.5. The maximum absolute atomic E-state index is 14.6. The lowest BCUT2D eigenvalue weighted by atomic mass is 10.0. The lowest BCUT2D eigenvalue weighted by molar-refractivity contribution is 0.102. The van der Waals surface area contributed by atoms with Crippen molar-refractivity contribution in [1.82, 2.24) is 9.55 Å². The zero-order chi connectivity index (χ0) is 24.4. The van der Waals surface area contributed by atoms with E-state index in [4.69, 9.17) is 22.1 Å². The molecule has 2 aromatic carbocycles. The van der Waals surface area contributed by atoms with E-state index in [-0.39, 0.29) is 39.2 Å². The van der Waals surface area contributed by atoms with Crippen LogP contribution >= 0.6 is 11.6 Å². The van der Waals surface area contributed by atoms with E-state index in [0.717, 1.165) is 6.07 Å². The average Bonchev–Trinajstić information content (AvgIpc) is 2.80. The Labute approximate surface area is 197 Å². The Morgan fingerprint density at radius 2 is 1.82 bits per heavy atom. The summed E-state index contributed by atoms with van der Waals surface area (Å²) < 4.78 is 34.6. The SMILES string of the molecule is [CH2]n1cc(C(=O)Nc2ccc(Oc3ccnc(N)c3Cl)c(F)c2)c(=O)c(-c2ccc(F)cc2)c1. The van der Waals surface area contributed by atoms with Gasteiger partial charge in [0.25, 0.3) is 5.91 Å². The average molecular weight is 482 g/mol. The number of nitrogen functional groups attached to an aromatic ring is 1. The fourth-order valence-corrected chi connectivity index (χ4v) is 3.28. The molecule has 1 radical (unpaired) electrons. The van der Waals surface area contributed by atoms with Crippen LogP contribution in [0.2, 0.25) is 5.02 Å². The number of nitrogens with two attached hydrogens (primary N) is 1. The second-order valence-corrected chi connectivity index (χ2v) is 7.52. The van der Waals surface area contributed by atoms with Crippen LogP contribution in [0.1, 0.15) is 10.4 Å². The number of amides is 1. The third-order valence-corrected chi connectivity index (χ3v) is 5.15. The number of ether oxygens (including phenoxy) is 1. The van der Waals surface area contributed by atoms with Crippen LogP contribution in [0.15, 0.2) is 71.9 Å². The first-order valence-electron chi connectivity index (χ1n) is 9.75. The number of benzene rings is 2. The summed E-state index contributed by atoms with van der Waals surface area (Å²) in [5.74, 6) is -2.05. The molecule has 0 saturated carbocycles. The minimum atomic E-state index is -0.793. The van der Waals surface area contributed by atoms with Gasteiger partial charge in [-0.1, -0.05) is 23.7 Å². The molecule has 0 spiro atoms. The molecular formula is C24H16ClF2N4O3. The molecule has 2 heterocycles. The van der Waals surface area contributed by atoms with Crippen LogP contribution < -0.4 is 21.2 Å². The number of aromatic nitrogens is 2. The third-order valence-electron chi connectivity index (χ3n) is 4.77. The second kappa shape index (κ2) is 9.32. The maximum atomic E-state index is 14.6. The molecule has 0 aliphatic rings. The van der Waals surface area contributed by atoms with E-state index < -0.39 is 23.0 Å². The van der Waals surface area contributed by atoms with Crippen LogP contribution in [0.5, 0.6) is 11.5 Å². The number of carbonyl (C=O) groups is 1. The van der Waals surface area contributed by atoms with E-state index in [9.17, 15) is 18.4 Å². The Hall–Kier alpha value is -4.24. The van der Waals surface area contributed by atoms with Gasteiger partial charge >= 0.3 is 0 Å². The van der Waals surface area contributed by atoms with Crippen molar-refractivity contribution in [2.45, 2.75) is 0 Å². The Bertz CT molecular complexity index is 1460. The summed E-state index contributed by atoms with van der Waals surface area (Å²) in [5.41, 5.74) is 5.45. The number of pyridine rings is 2. The Morgan fingerprint density at radius 1 is 1.09 bits per heavy atom. The van der Waals surface area contributed by atoms with Gasteiger partial charge in [0.05, 0.1) is 0 Å². The monoisotopic (exact) mass is 481 g/mol. The Morgan fingerprint density at radius 3 is 2.53 bits per heavy atom. The van der Waals surface area contributed by atoms with E-state index in [1.807, 2.05) is 0 Å². The zero-order valence-electron chi connectivity index (χ0n) is 17.4. The third kappa shape index (κ3) is 4.74. The highest BCUT2D eigenvalue weighted by Gasteiger charge is 2.17. The van der Waals surface area contributed by atoms with Gasteiger partial charge < -0.3 is 20.4 Å². The predicted molar refractivity (Wildman–Crippen MR) is 125 cm³/mol. The number of nitrogens with one attached hydrogen (secondary N) is 1. The largest absolute Gasteiger partial charge is 0.453 e. The molecule has 0 fully saturated rings. The number of anilines is 2. The quantitative estimate of drug-likeness (QED) is 0.413. The first kappa shape index (κ1) is 22.9. The topological polar surface area (TPSA) is 99.2 Å². The van der Waals surface area contributed by atoms with Crippen LogP contribution in [-0.2, 0) is 0 Å². The van der Waals surface area contributed by atoms with E-state index in [2.05, 4.69) is 17.3 Å². The lowest BCUT2D eigenvalue weighted by Crippen LogP contribution is -2.24. The second-order valence-electron chi connectivity index (χ2n) is 7.15. The van der Waals surface area contributed by atoms with Crippen molar-refractivity contribution in [2.75, 3.05) is 11.1 Å². The number of hydrogen-bond donors (Lipinski definition) is 2. The van der Waals surface area contributed by atoms with E-state index >= 15 is 0 Å². The number of hydrogen-bond acceptors (Lipinski definition) is 5. The van der Waals surface area contributed by atoms with Crippen molar-refractivity contribution in [3.63, 3.8) is 0 Å². The molecular weight excluding hydrogens is 466 g/mol. The molecule has 2 aromatic heterocycles. The molecule has 0 bridgehead atoms. The highest BCUT2D eigenvalue weighted by Crippen LogP contribution is 2.34. The smallest absolute Gasteiger partial charge is 0.261 e. The number of nitrogens with zero attached hydrogens (tertiary/aromatic N) is 2. The molecule has 7 nitrogen and oxygen atoms in total. The van der Waals surface area contributed by atoms with E-state index in [1.165, 1.54) is 65.6 Å². The van der Waals surface area contributed by atoms with Crippen LogP contribution in [0.3, 0.4) is 0 Å². The Balaban J connectivity index is 1.58. The van der Waals surface area contributed by atoms with Gasteiger partial charge in [-0.3, -0.25) is 9.59 Å². The zero-order valence-corrected chi connectivity index (χ0v) is 18.1. The van der Waals surface area contributed by atoms with Gasteiger partial charge in [-0.15, -0.1) is 0 Å². The summed E-state index contributed by atoms with van der Waals surface area (Å²) >= 11 is 6.01. The molecule has 0 atom stereocenters. The minimum absolute atomic E-state index is 0.0300. The number of carbonyl (C=O) groups excluding carboxylic acids is 1. The molecule has 171 valence electrons. The molecule has 4 rings (SSSR count). The molecule has 1 amide bonds. The first-order chi connectivity index (χ1) is 16.2. The fraction of sp³-hybridized carbons (Fsp3) is 0. The maximum Gasteiger partial charge on any atom is 0.261 e. The number of halogens is 3. The van der Waals surface area contributed by atoms with Gasteiger partial charge in [-0.25, -0.2) is 13.8 Å². The summed E-state index contributed by atoms with van der Waals surface area (Å²) in [6, 6.07) is 10.4. The van der Waals surface area contributed by atoms with Gasteiger partial charge in [0.1, 0.15) is 22.2 Å². The minimum Gasteiger partial charge on any atom is -0.453 e. The normalized spacial score (nSPS) is 10.7. The summed E-state index contributed by atoms with van der Waals surface area (Å²) in [7, 11) is 3.72. The summed E-state index contributed by atoms with van der Waals surface area (Å²) in [5, 5.41) is 2.51. The van der Waals surface area contributed by atoms with Gasteiger partial charge in [0.2, 0.25) is 5.43 Å². The molecule has 10 heteroatoms. The van der Waals surface area contributed by atoms with Crippen LogP contribution in [0.4, 0.5) is 20.3 Å².